The number of aryl methyl sites for hydroxylation is 2. The van der Waals surface area contributed by atoms with Crippen molar-refractivity contribution in [3.8, 4) is 0 Å². The Labute approximate surface area is 105 Å². The quantitative estimate of drug-likeness (QED) is 0.841. The van der Waals surface area contributed by atoms with Crippen LogP contribution >= 0.6 is 0 Å². The van der Waals surface area contributed by atoms with Gasteiger partial charge in [0.25, 0.3) is 0 Å². The topological polar surface area (TPSA) is 38.0 Å². The highest BCUT2D eigenvalue weighted by Gasteiger charge is 2.18. The first kappa shape index (κ1) is 12.6. The Morgan fingerprint density at radius 3 is 2.29 bits per heavy atom. The van der Waals surface area contributed by atoms with E-state index in [1.165, 1.54) is 42.4 Å². The Hall–Kier alpha value is -0.860. The van der Waals surface area contributed by atoms with Crippen LogP contribution in [0.25, 0.3) is 0 Å². The lowest BCUT2D eigenvalue weighted by Gasteiger charge is -2.27. The predicted molar refractivity (Wildman–Crippen MR) is 73.0 cm³/mol. The first-order valence-electron chi connectivity index (χ1n) is 6.71. The van der Waals surface area contributed by atoms with Gasteiger partial charge < -0.3 is 11.1 Å². The lowest BCUT2D eigenvalue weighted by atomic mass is 9.91. The summed E-state index contributed by atoms with van der Waals surface area (Å²) in [6.45, 7) is 5.39. The summed E-state index contributed by atoms with van der Waals surface area (Å²) in [7, 11) is 0. The Kier molecular flexibility index (Phi) is 4.19. The van der Waals surface area contributed by atoms with Crippen molar-refractivity contribution < 1.29 is 0 Å². The molecule has 1 fully saturated rings. The number of hydrogen-bond donors (Lipinski definition) is 2. The number of benzene rings is 1. The second-order valence-corrected chi connectivity index (χ2v) is 5.36. The molecule has 1 aromatic carbocycles. The van der Waals surface area contributed by atoms with Gasteiger partial charge in [0, 0.05) is 18.6 Å². The summed E-state index contributed by atoms with van der Waals surface area (Å²) in [5.41, 5.74) is 10.2. The normalized spacial score (nSPS) is 24.9. The van der Waals surface area contributed by atoms with Crippen LogP contribution in [0.4, 0.5) is 0 Å². The third-order valence-electron chi connectivity index (χ3n) is 3.98. The van der Waals surface area contributed by atoms with Crippen LogP contribution < -0.4 is 11.1 Å². The van der Waals surface area contributed by atoms with Gasteiger partial charge in [0.15, 0.2) is 0 Å². The summed E-state index contributed by atoms with van der Waals surface area (Å²) >= 11 is 0. The van der Waals surface area contributed by atoms with Crippen LogP contribution in [0, 0.1) is 13.8 Å². The molecule has 2 nitrogen and oxygen atoms in total. The first-order chi connectivity index (χ1) is 8.16. The molecule has 0 aliphatic heterocycles. The van der Waals surface area contributed by atoms with E-state index in [1.54, 1.807) is 0 Å². The minimum atomic E-state index is 0.438. The average Bonchev–Trinajstić information content (AvgIpc) is 2.31. The zero-order valence-electron chi connectivity index (χ0n) is 11.0. The van der Waals surface area contributed by atoms with E-state index in [9.17, 15) is 0 Å². The minimum absolute atomic E-state index is 0.438. The lowest BCUT2D eigenvalue weighted by Crippen LogP contribution is -2.37. The standard InChI is InChI=1S/C15H24N2/c1-11-4-3-5-12(2)15(11)10-17-14-8-6-13(16)7-9-14/h3-5,13-14,17H,6-10,16H2,1-2H3. The fourth-order valence-corrected chi connectivity index (χ4v) is 2.70. The number of nitrogens with two attached hydrogens (primary N) is 1. The molecule has 0 aromatic heterocycles. The molecule has 3 N–H and O–H groups in total. The monoisotopic (exact) mass is 232 g/mol. The van der Waals surface area contributed by atoms with Crippen molar-refractivity contribution >= 4 is 0 Å². The molecule has 94 valence electrons. The van der Waals surface area contributed by atoms with Gasteiger partial charge >= 0.3 is 0 Å². The molecule has 0 atom stereocenters. The van der Waals surface area contributed by atoms with Crippen LogP contribution in [0.2, 0.25) is 0 Å². The van der Waals surface area contributed by atoms with E-state index >= 15 is 0 Å². The molecule has 0 spiro atoms. The van der Waals surface area contributed by atoms with Crippen molar-refractivity contribution in [3.63, 3.8) is 0 Å². The van der Waals surface area contributed by atoms with E-state index in [-0.39, 0.29) is 0 Å². The minimum Gasteiger partial charge on any atom is -0.328 e. The first-order valence-corrected chi connectivity index (χ1v) is 6.71. The van der Waals surface area contributed by atoms with Gasteiger partial charge in [-0.1, -0.05) is 18.2 Å². The van der Waals surface area contributed by atoms with Gasteiger partial charge in [-0.3, -0.25) is 0 Å². The summed E-state index contributed by atoms with van der Waals surface area (Å²) in [6, 6.07) is 7.62. The van der Waals surface area contributed by atoms with E-state index in [0.717, 1.165) is 6.54 Å². The van der Waals surface area contributed by atoms with Crippen LogP contribution in [-0.4, -0.2) is 12.1 Å². The van der Waals surface area contributed by atoms with Gasteiger partial charge in [0.2, 0.25) is 0 Å². The third kappa shape index (κ3) is 3.30. The highest BCUT2D eigenvalue weighted by molar-refractivity contribution is 5.33. The SMILES string of the molecule is Cc1cccc(C)c1CNC1CCC(N)CC1. The zero-order valence-corrected chi connectivity index (χ0v) is 11.0. The van der Waals surface area contributed by atoms with Crippen LogP contribution in [0.5, 0.6) is 0 Å². The molecule has 2 rings (SSSR count). The molecule has 1 aliphatic rings. The average molecular weight is 232 g/mol. The molecule has 0 saturated heterocycles. The Morgan fingerprint density at radius 2 is 1.71 bits per heavy atom. The van der Waals surface area contributed by atoms with Gasteiger partial charge in [-0.15, -0.1) is 0 Å². The molecule has 17 heavy (non-hydrogen) atoms. The summed E-state index contributed by atoms with van der Waals surface area (Å²) < 4.78 is 0. The highest BCUT2D eigenvalue weighted by atomic mass is 14.9. The van der Waals surface area contributed by atoms with Crippen LogP contribution in [0.1, 0.15) is 42.4 Å². The third-order valence-corrected chi connectivity index (χ3v) is 3.98. The molecule has 2 heteroatoms. The van der Waals surface area contributed by atoms with Crippen molar-refractivity contribution in [2.45, 2.75) is 58.2 Å². The second kappa shape index (κ2) is 5.65. The van der Waals surface area contributed by atoms with Gasteiger partial charge in [-0.05, 0) is 56.2 Å². The van der Waals surface area contributed by atoms with E-state index in [4.69, 9.17) is 5.73 Å². The molecule has 1 aliphatic carbocycles. The molecule has 0 amide bonds. The van der Waals surface area contributed by atoms with E-state index in [1.807, 2.05) is 0 Å². The summed E-state index contributed by atoms with van der Waals surface area (Å²) in [4.78, 5) is 0. The van der Waals surface area contributed by atoms with Crippen molar-refractivity contribution in [3.05, 3.63) is 34.9 Å². The summed E-state index contributed by atoms with van der Waals surface area (Å²) in [5.74, 6) is 0. The second-order valence-electron chi connectivity index (χ2n) is 5.36. The Morgan fingerprint density at radius 1 is 1.12 bits per heavy atom. The molecule has 0 bridgehead atoms. The van der Waals surface area contributed by atoms with Crippen LogP contribution in [0.15, 0.2) is 18.2 Å². The largest absolute Gasteiger partial charge is 0.328 e. The van der Waals surface area contributed by atoms with Crippen molar-refractivity contribution in [1.82, 2.24) is 5.32 Å². The van der Waals surface area contributed by atoms with E-state index < -0.39 is 0 Å². The molecule has 1 saturated carbocycles. The van der Waals surface area contributed by atoms with Crippen LogP contribution in [-0.2, 0) is 6.54 Å². The van der Waals surface area contributed by atoms with Crippen molar-refractivity contribution in [2.75, 3.05) is 0 Å². The van der Waals surface area contributed by atoms with Gasteiger partial charge in [-0.2, -0.15) is 0 Å². The van der Waals surface area contributed by atoms with Crippen molar-refractivity contribution in [1.29, 1.82) is 0 Å². The van der Waals surface area contributed by atoms with Gasteiger partial charge in [0.1, 0.15) is 0 Å². The summed E-state index contributed by atoms with van der Waals surface area (Å²) in [6.07, 6.45) is 4.80. The van der Waals surface area contributed by atoms with Gasteiger partial charge in [0.05, 0.1) is 0 Å². The molecule has 0 heterocycles. The number of nitrogens with one attached hydrogen (secondary N) is 1. The maximum atomic E-state index is 5.92. The lowest BCUT2D eigenvalue weighted by molar-refractivity contribution is 0.341. The Balaban J connectivity index is 1.89. The molecular weight excluding hydrogens is 208 g/mol. The maximum Gasteiger partial charge on any atom is 0.0213 e. The van der Waals surface area contributed by atoms with Crippen LogP contribution in [0.3, 0.4) is 0 Å². The summed E-state index contributed by atoms with van der Waals surface area (Å²) in [5, 5.41) is 3.68. The molecule has 1 aromatic rings. The smallest absolute Gasteiger partial charge is 0.0213 e. The predicted octanol–water partition coefficient (Wildman–Crippen LogP) is 2.66. The van der Waals surface area contributed by atoms with Gasteiger partial charge in [-0.25, -0.2) is 0 Å². The zero-order chi connectivity index (χ0) is 12.3. The molecule has 0 radical (unpaired) electrons. The van der Waals surface area contributed by atoms with E-state index in [0.29, 0.717) is 12.1 Å². The molecular formula is C15H24N2. The maximum absolute atomic E-state index is 5.92. The van der Waals surface area contributed by atoms with E-state index in [2.05, 4.69) is 37.4 Å². The highest BCUT2D eigenvalue weighted by Crippen LogP contribution is 2.19. The molecule has 0 unspecified atom stereocenters. The Bertz CT molecular complexity index is 345. The number of hydrogen-bond acceptors (Lipinski definition) is 2. The van der Waals surface area contributed by atoms with Crippen molar-refractivity contribution in [2.24, 2.45) is 5.73 Å². The number of rotatable bonds is 3. The fraction of sp³-hybridized carbons (Fsp3) is 0.600. The fourth-order valence-electron chi connectivity index (χ4n) is 2.70.